The number of rotatable bonds is 6. The van der Waals surface area contributed by atoms with Crippen molar-refractivity contribution in [3.05, 3.63) is 66.4 Å². The molecule has 1 amide bonds. The van der Waals surface area contributed by atoms with Crippen molar-refractivity contribution in [2.75, 3.05) is 54.2 Å². The fourth-order valence-electron chi connectivity index (χ4n) is 5.71. The van der Waals surface area contributed by atoms with E-state index in [1.807, 2.05) is 10.2 Å². The standard InChI is InChI=1S/C29H34IN6O3/c1-3-27(38)36-14-13-35(19-30-36)28-24-11-12-34(26-10-6-8-20-7-4-5-9-23(20)26)17-25(24)31-29(32-28)39-18-21-15-22(37)16-33(21)2/h3-10,21-22,37H,1,11-19H2,2H3/q-1/t21-,22+/m1/s1. The number of aliphatic hydroxyl groups is 1. The van der Waals surface area contributed by atoms with Gasteiger partial charge in [-0.2, -0.15) is 0 Å². The summed E-state index contributed by atoms with van der Waals surface area (Å²) in [7, 11) is 2.01. The zero-order valence-corrected chi connectivity index (χ0v) is 24.3. The van der Waals surface area contributed by atoms with Gasteiger partial charge in [-0.3, -0.25) is 0 Å². The number of β-amino-alcohol motifs (C(OH)–C–C–N with tert-alkyl or cyclic N) is 1. The van der Waals surface area contributed by atoms with Gasteiger partial charge in [0.05, 0.1) is 0 Å². The molecule has 1 N–H and O–H groups in total. The molecule has 2 fully saturated rings. The molecule has 0 bridgehead atoms. The molecule has 0 unspecified atom stereocenters. The van der Waals surface area contributed by atoms with Crippen LogP contribution in [0.15, 0.2) is 55.1 Å². The number of amides is 1. The first-order valence-electron chi connectivity index (χ1n) is 13.4. The fourth-order valence-corrected chi connectivity index (χ4v) is 8.20. The predicted molar refractivity (Wildman–Crippen MR) is 147 cm³/mol. The van der Waals surface area contributed by atoms with E-state index in [-0.39, 0.29) is 18.1 Å². The van der Waals surface area contributed by atoms with Crippen molar-refractivity contribution >= 4 is 28.2 Å². The third-order valence-electron chi connectivity index (χ3n) is 7.82. The molecule has 3 aliphatic heterocycles. The van der Waals surface area contributed by atoms with E-state index in [2.05, 4.69) is 63.7 Å². The van der Waals surface area contributed by atoms with Crippen LogP contribution in [-0.4, -0.2) is 85.5 Å². The molecule has 6 rings (SSSR count). The molecule has 9 nitrogen and oxygen atoms in total. The molecule has 1 aromatic heterocycles. The van der Waals surface area contributed by atoms with E-state index in [0.717, 1.165) is 35.6 Å². The van der Waals surface area contributed by atoms with Gasteiger partial charge in [0.2, 0.25) is 0 Å². The summed E-state index contributed by atoms with van der Waals surface area (Å²) in [5, 5.41) is 12.5. The van der Waals surface area contributed by atoms with Gasteiger partial charge < -0.3 is 0 Å². The minimum atomic E-state index is -0.489. The van der Waals surface area contributed by atoms with Crippen LogP contribution in [0.3, 0.4) is 0 Å². The number of likely N-dealkylation sites (N-methyl/N-ethyl adjacent to an activating group) is 1. The number of carbonyl (C=O) groups excluding carboxylic acids is 1. The van der Waals surface area contributed by atoms with Crippen molar-refractivity contribution < 1.29 is 36.1 Å². The van der Waals surface area contributed by atoms with Crippen molar-refractivity contribution in [2.24, 2.45) is 0 Å². The Morgan fingerprint density at radius 1 is 1.15 bits per heavy atom. The molecule has 3 aromatic rings. The Labute approximate surface area is 239 Å². The summed E-state index contributed by atoms with van der Waals surface area (Å²) in [6.45, 7) is 7.71. The SMILES string of the molecule is C=CC(=O)N1CCN(c2nc(OC[C@H]3C[C@H](O)CN3C)nc3c2CCN(c2cccc4ccccc24)C3)C[I-]1. The third kappa shape index (κ3) is 5.42. The van der Waals surface area contributed by atoms with Crippen LogP contribution >= 0.6 is 0 Å². The van der Waals surface area contributed by atoms with Crippen molar-refractivity contribution in [3.63, 3.8) is 0 Å². The molecule has 39 heavy (non-hydrogen) atoms. The maximum absolute atomic E-state index is 12.2. The van der Waals surface area contributed by atoms with Crippen molar-refractivity contribution in [3.8, 4) is 6.01 Å². The van der Waals surface area contributed by atoms with Crippen LogP contribution in [0.2, 0.25) is 0 Å². The maximum atomic E-state index is 12.2. The predicted octanol–water partition coefficient (Wildman–Crippen LogP) is -0.568. The van der Waals surface area contributed by atoms with Crippen LogP contribution in [-0.2, 0) is 17.8 Å². The van der Waals surface area contributed by atoms with Crippen LogP contribution in [0, 0.1) is 0 Å². The molecular weight excluding hydrogens is 607 g/mol. The number of hydrogen-bond donors (Lipinski definition) is 1. The summed E-state index contributed by atoms with van der Waals surface area (Å²) in [5.41, 5.74) is 3.39. The van der Waals surface area contributed by atoms with Gasteiger partial charge >= 0.3 is 240 Å². The Morgan fingerprint density at radius 3 is 2.77 bits per heavy atom. The summed E-state index contributed by atoms with van der Waals surface area (Å²) in [6.07, 6.45) is 2.62. The molecule has 4 heterocycles. The third-order valence-corrected chi connectivity index (χ3v) is 10.7. The number of nitrogens with zero attached hydrogens (tertiary/aromatic N) is 6. The number of halogens is 1. The summed E-state index contributed by atoms with van der Waals surface area (Å²) < 4.78 is 8.96. The van der Waals surface area contributed by atoms with Crippen LogP contribution in [0.25, 0.3) is 10.8 Å². The number of anilines is 2. The molecule has 206 valence electrons. The quantitative estimate of drug-likeness (QED) is 0.126. The van der Waals surface area contributed by atoms with Gasteiger partial charge in [0, 0.05) is 0 Å². The second kappa shape index (κ2) is 11.3. The first-order chi connectivity index (χ1) is 19.0. The van der Waals surface area contributed by atoms with Gasteiger partial charge in [-0.25, -0.2) is 0 Å². The van der Waals surface area contributed by atoms with Crippen molar-refractivity contribution in [1.82, 2.24) is 18.0 Å². The molecule has 10 heteroatoms. The number of ether oxygens (including phenoxy) is 1. The van der Waals surface area contributed by atoms with E-state index in [1.54, 1.807) is 0 Å². The Hall–Kier alpha value is -2.96. The molecule has 0 spiro atoms. The van der Waals surface area contributed by atoms with Gasteiger partial charge in [0.25, 0.3) is 0 Å². The number of carbonyl (C=O) groups is 1. The summed E-state index contributed by atoms with van der Waals surface area (Å²) in [5.74, 6) is 0.961. The first kappa shape index (κ1) is 26.3. The number of fused-ring (bicyclic) bond motifs is 2. The van der Waals surface area contributed by atoms with E-state index in [9.17, 15) is 9.90 Å². The number of aliphatic hydroxyl groups excluding tert-OH is 1. The molecule has 3 aliphatic rings. The molecule has 2 aromatic carbocycles. The Kier molecular flexibility index (Phi) is 7.59. The number of likely N-dealkylation sites (tertiary alicyclic amines) is 1. The van der Waals surface area contributed by atoms with Gasteiger partial charge in [0.15, 0.2) is 0 Å². The van der Waals surface area contributed by atoms with Crippen LogP contribution in [0.1, 0.15) is 17.7 Å². The zero-order valence-electron chi connectivity index (χ0n) is 22.2. The van der Waals surface area contributed by atoms with Crippen molar-refractivity contribution in [2.45, 2.75) is 31.5 Å². The molecule has 2 saturated heterocycles. The summed E-state index contributed by atoms with van der Waals surface area (Å²) >= 11 is -0.489. The normalized spacial score (nSPS) is 21.9. The average molecular weight is 642 g/mol. The number of alkyl halides is 1. The van der Waals surface area contributed by atoms with Crippen LogP contribution < -0.4 is 36.0 Å². The van der Waals surface area contributed by atoms with E-state index in [1.165, 1.54) is 28.1 Å². The van der Waals surface area contributed by atoms with E-state index >= 15 is 0 Å². The van der Waals surface area contributed by atoms with Gasteiger partial charge in [-0.15, -0.1) is 0 Å². The Bertz CT molecular complexity index is 1370. The second-order valence-corrected chi connectivity index (χ2v) is 12.9. The zero-order chi connectivity index (χ0) is 26.9. The fraction of sp³-hybridized carbons (Fsp3) is 0.414. The summed E-state index contributed by atoms with van der Waals surface area (Å²) in [6, 6.07) is 15.5. The monoisotopic (exact) mass is 641 g/mol. The van der Waals surface area contributed by atoms with Crippen LogP contribution in [0.5, 0.6) is 6.01 Å². The first-order valence-corrected chi connectivity index (χ1v) is 15.9. The molecule has 0 aliphatic carbocycles. The number of benzene rings is 2. The average Bonchev–Trinajstić information content (AvgIpc) is 3.30. The topological polar surface area (TPSA) is 85.3 Å². The Balaban J connectivity index is 1.29. The molecule has 2 atom stereocenters. The van der Waals surface area contributed by atoms with Gasteiger partial charge in [-0.05, 0) is 0 Å². The van der Waals surface area contributed by atoms with E-state index in [4.69, 9.17) is 14.7 Å². The second-order valence-electron chi connectivity index (χ2n) is 10.3. The van der Waals surface area contributed by atoms with Gasteiger partial charge in [-0.1, -0.05) is 0 Å². The van der Waals surface area contributed by atoms with E-state index in [0.29, 0.717) is 38.7 Å². The van der Waals surface area contributed by atoms with E-state index < -0.39 is 21.5 Å². The summed E-state index contributed by atoms with van der Waals surface area (Å²) in [4.78, 5) is 28.9. The number of hydrogen-bond acceptors (Lipinski definition) is 8. The minimum absolute atomic E-state index is 0.0183. The van der Waals surface area contributed by atoms with Crippen molar-refractivity contribution in [1.29, 1.82) is 0 Å². The molecule has 0 saturated carbocycles. The Morgan fingerprint density at radius 2 is 2.00 bits per heavy atom. The number of aromatic nitrogens is 2. The molecule has 0 radical (unpaired) electrons. The molecular formula is C29H34IN6O3-. The van der Waals surface area contributed by atoms with Gasteiger partial charge in [0.1, 0.15) is 0 Å². The van der Waals surface area contributed by atoms with Crippen LogP contribution in [0.4, 0.5) is 11.5 Å².